The number of rotatable bonds is 1. The normalized spacial score (nSPS) is 23.0. The van der Waals surface area contributed by atoms with Crippen LogP contribution < -0.4 is 5.73 Å². The monoisotopic (exact) mass is 268 g/mol. The molecule has 1 heterocycles. The van der Waals surface area contributed by atoms with Gasteiger partial charge in [0.2, 0.25) is 0 Å². The summed E-state index contributed by atoms with van der Waals surface area (Å²) in [4.78, 5) is 14.6. The third kappa shape index (κ3) is 2.29. The number of likely N-dealkylation sites (tertiary alicyclic amines) is 1. The molecule has 20 heavy (non-hydrogen) atoms. The number of nitrogens with two attached hydrogens (primary N) is 1. The van der Waals surface area contributed by atoms with Crippen molar-refractivity contribution in [1.29, 1.82) is 0 Å². The lowest BCUT2D eigenvalue weighted by atomic mass is 9.93. The number of fused-ring (bicyclic) bond motifs is 1. The minimum Gasteiger partial charge on any atom is -0.337 e. The van der Waals surface area contributed by atoms with Crippen LogP contribution in [0.4, 0.5) is 0 Å². The number of benzene rings is 2. The Balaban J connectivity index is 1.93. The van der Waals surface area contributed by atoms with E-state index in [9.17, 15) is 4.79 Å². The van der Waals surface area contributed by atoms with Gasteiger partial charge >= 0.3 is 0 Å². The van der Waals surface area contributed by atoms with Crippen LogP contribution in [0.2, 0.25) is 0 Å². The molecule has 104 valence electrons. The van der Waals surface area contributed by atoms with Gasteiger partial charge in [0.25, 0.3) is 5.91 Å². The van der Waals surface area contributed by atoms with Crippen LogP contribution in [-0.4, -0.2) is 29.9 Å². The SMILES string of the molecule is CC1CCN(C(=O)c2cccc3ccccc23)CC1N. The van der Waals surface area contributed by atoms with Crippen molar-refractivity contribution in [2.24, 2.45) is 11.7 Å². The Hall–Kier alpha value is -1.87. The molecule has 3 rings (SSSR count). The van der Waals surface area contributed by atoms with Crippen LogP contribution in [-0.2, 0) is 0 Å². The molecule has 1 amide bonds. The standard InChI is InChI=1S/C17H20N2O/c1-12-9-10-19(11-16(12)18)17(20)15-8-4-6-13-5-2-3-7-14(13)15/h2-8,12,16H,9-11,18H2,1H3. The number of hydrogen-bond donors (Lipinski definition) is 1. The van der Waals surface area contributed by atoms with Gasteiger partial charge in [-0.05, 0) is 29.2 Å². The molecule has 0 bridgehead atoms. The van der Waals surface area contributed by atoms with E-state index < -0.39 is 0 Å². The molecular weight excluding hydrogens is 248 g/mol. The molecule has 0 saturated carbocycles. The molecule has 1 fully saturated rings. The predicted octanol–water partition coefficient (Wildman–Crippen LogP) is 2.65. The van der Waals surface area contributed by atoms with E-state index in [-0.39, 0.29) is 11.9 Å². The quantitative estimate of drug-likeness (QED) is 0.864. The summed E-state index contributed by atoms with van der Waals surface area (Å²) in [7, 11) is 0. The molecule has 2 aromatic rings. The van der Waals surface area contributed by atoms with Gasteiger partial charge in [0.15, 0.2) is 0 Å². The topological polar surface area (TPSA) is 46.3 Å². The average molecular weight is 268 g/mol. The first-order chi connectivity index (χ1) is 9.66. The lowest BCUT2D eigenvalue weighted by molar-refractivity contribution is 0.0674. The van der Waals surface area contributed by atoms with Gasteiger partial charge in [-0.1, -0.05) is 43.3 Å². The van der Waals surface area contributed by atoms with Crippen LogP contribution in [0.15, 0.2) is 42.5 Å². The minimum atomic E-state index is 0.0858. The van der Waals surface area contributed by atoms with Gasteiger partial charge in [0.05, 0.1) is 0 Å². The minimum absolute atomic E-state index is 0.0858. The summed E-state index contributed by atoms with van der Waals surface area (Å²) in [6, 6.07) is 14.0. The van der Waals surface area contributed by atoms with E-state index in [0.717, 1.165) is 29.3 Å². The Morgan fingerprint density at radius 3 is 2.75 bits per heavy atom. The molecule has 3 nitrogen and oxygen atoms in total. The molecule has 1 saturated heterocycles. The number of nitrogens with zero attached hydrogens (tertiary/aromatic N) is 1. The Morgan fingerprint density at radius 1 is 1.20 bits per heavy atom. The summed E-state index contributed by atoms with van der Waals surface area (Å²) in [5.74, 6) is 0.593. The van der Waals surface area contributed by atoms with Crippen molar-refractivity contribution in [3.8, 4) is 0 Å². The molecule has 2 N–H and O–H groups in total. The second-order valence-corrected chi connectivity index (χ2v) is 5.71. The maximum Gasteiger partial charge on any atom is 0.254 e. The van der Waals surface area contributed by atoms with Crippen molar-refractivity contribution < 1.29 is 4.79 Å². The van der Waals surface area contributed by atoms with Gasteiger partial charge in [0.1, 0.15) is 0 Å². The summed E-state index contributed by atoms with van der Waals surface area (Å²) in [5, 5.41) is 2.13. The number of carbonyl (C=O) groups excluding carboxylic acids is 1. The first-order valence-corrected chi connectivity index (χ1v) is 7.19. The molecule has 0 aromatic heterocycles. The Labute approximate surface area is 119 Å². The average Bonchev–Trinajstić information content (AvgIpc) is 2.49. The van der Waals surface area contributed by atoms with Crippen LogP contribution in [0.25, 0.3) is 10.8 Å². The van der Waals surface area contributed by atoms with Crippen LogP contribution in [0, 0.1) is 5.92 Å². The molecule has 1 aliphatic heterocycles. The largest absolute Gasteiger partial charge is 0.337 e. The molecule has 2 aromatic carbocycles. The van der Waals surface area contributed by atoms with Crippen molar-refractivity contribution in [1.82, 2.24) is 4.90 Å². The Bertz CT molecular complexity index is 632. The second kappa shape index (κ2) is 5.25. The van der Waals surface area contributed by atoms with E-state index >= 15 is 0 Å². The summed E-state index contributed by atoms with van der Waals surface area (Å²) in [6.07, 6.45) is 0.984. The maximum atomic E-state index is 12.7. The molecular formula is C17H20N2O. The van der Waals surface area contributed by atoms with E-state index in [0.29, 0.717) is 12.5 Å². The Kier molecular flexibility index (Phi) is 3.45. The van der Waals surface area contributed by atoms with Crippen molar-refractivity contribution in [3.63, 3.8) is 0 Å². The van der Waals surface area contributed by atoms with E-state index in [1.54, 1.807) is 0 Å². The fraction of sp³-hybridized carbons (Fsp3) is 0.353. The third-order valence-corrected chi connectivity index (χ3v) is 4.32. The predicted molar refractivity (Wildman–Crippen MR) is 81.6 cm³/mol. The molecule has 1 aliphatic rings. The zero-order chi connectivity index (χ0) is 14.1. The number of piperidine rings is 1. The Morgan fingerprint density at radius 2 is 1.95 bits per heavy atom. The summed E-state index contributed by atoms with van der Waals surface area (Å²) >= 11 is 0. The van der Waals surface area contributed by atoms with Crippen molar-refractivity contribution in [3.05, 3.63) is 48.0 Å². The van der Waals surface area contributed by atoms with Gasteiger partial charge in [-0.3, -0.25) is 4.79 Å². The van der Waals surface area contributed by atoms with Crippen LogP contribution in [0.3, 0.4) is 0 Å². The van der Waals surface area contributed by atoms with Crippen LogP contribution in [0.1, 0.15) is 23.7 Å². The van der Waals surface area contributed by atoms with Crippen LogP contribution >= 0.6 is 0 Å². The van der Waals surface area contributed by atoms with E-state index in [2.05, 4.69) is 6.92 Å². The van der Waals surface area contributed by atoms with Gasteiger partial charge in [0, 0.05) is 24.7 Å². The highest BCUT2D eigenvalue weighted by molar-refractivity contribution is 6.07. The summed E-state index contributed by atoms with van der Waals surface area (Å²) in [5.41, 5.74) is 6.89. The molecule has 2 unspecified atom stereocenters. The molecule has 0 aliphatic carbocycles. The van der Waals surface area contributed by atoms with E-state index in [1.807, 2.05) is 47.4 Å². The highest BCUT2D eigenvalue weighted by atomic mass is 16.2. The first-order valence-electron chi connectivity index (χ1n) is 7.19. The molecule has 0 radical (unpaired) electrons. The zero-order valence-corrected chi connectivity index (χ0v) is 11.8. The maximum absolute atomic E-state index is 12.7. The van der Waals surface area contributed by atoms with Gasteiger partial charge in [-0.25, -0.2) is 0 Å². The van der Waals surface area contributed by atoms with E-state index in [4.69, 9.17) is 5.73 Å². The molecule has 3 heteroatoms. The smallest absolute Gasteiger partial charge is 0.254 e. The number of carbonyl (C=O) groups is 1. The fourth-order valence-electron chi connectivity index (χ4n) is 2.87. The second-order valence-electron chi connectivity index (χ2n) is 5.71. The highest BCUT2D eigenvalue weighted by Crippen LogP contribution is 2.22. The summed E-state index contributed by atoms with van der Waals surface area (Å²) in [6.45, 7) is 3.62. The van der Waals surface area contributed by atoms with Gasteiger partial charge in [-0.2, -0.15) is 0 Å². The van der Waals surface area contributed by atoms with Crippen LogP contribution in [0.5, 0.6) is 0 Å². The third-order valence-electron chi connectivity index (χ3n) is 4.32. The molecule has 0 spiro atoms. The van der Waals surface area contributed by atoms with Gasteiger partial charge in [-0.15, -0.1) is 0 Å². The van der Waals surface area contributed by atoms with Crippen molar-refractivity contribution >= 4 is 16.7 Å². The fourth-order valence-corrected chi connectivity index (χ4v) is 2.87. The zero-order valence-electron chi connectivity index (χ0n) is 11.8. The first kappa shape index (κ1) is 13.1. The van der Waals surface area contributed by atoms with Gasteiger partial charge < -0.3 is 10.6 Å². The summed E-state index contributed by atoms with van der Waals surface area (Å²) < 4.78 is 0. The van der Waals surface area contributed by atoms with Crippen molar-refractivity contribution in [2.75, 3.05) is 13.1 Å². The number of amides is 1. The molecule has 2 atom stereocenters. The van der Waals surface area contributed by atoms with Crippen molar-refractivity contribution in [2.45, 2.75) is 19.4 Å². The highest BCUT2D eigenvalue weighted by Gasteiger charge is 2.27. The lowest BCUT2D eigenvalue weighted by Crippen LogP contribution is -2.49. The number of hydrogen-bond acceptors (Lipinski definition) is 2. The lowest BCUT2D eigenvalue weighted by Gasteiger charge is -2.35. The van der Waals surface area contributed by atoms with E-state index in [1.165, 1.54) is 0 Å².